The number of nitrogens with one attached hydrogen (secondary N) is 1. The molecule has 14 heteroatoms. The standard InChI is InChI=1S/C42H39FN8O5/c1-25-18-32(19-26(2)36(25)43)51-37(49-15-14-48(41(49)54)31-6-4-3-5-7-31)33(22-44-51)30-23-47(24-30)38(52)35-21-29-20-28(27-10-16-55-17-11-27)8-9-34(29)50(35)42(12-13-42)39-45-40(53)56-46-39/h3-9,14-15,18-22,27,30H,10-13,16-17,23-24H2,1-2H3,(H,45,46,53). The molecular formula is C42H39FN8O5. The van der Waals surface area contributed by atoms with Crippen molar-refractivity contribution in [2.75, 3.05) is 26.3 Å². The number of carbonyl (C=O) groups is 1. The minimum Gasteiger partial charge on any atom is -0.381 e. The summed E-state index contributed by atoms with van der Waals surface area (Å²) in [5.41, 5.74) is 4.69. The number of hydrogen-bond acceptors (Lipinski definition) is 7. The molecule has 1 aliphatic carbocycles. The quantitative estimate of drug-likeness (QED) is 0.205. The Kier molecular flexibility index (Phi) is 7.89. The maximum absolute atomic E-state index is 14.8. The molecule has 56 heavy (non-hydrogen) atoms. The number of carbonyl (C=O) groups excluding carboxylic acids is 1. The second-order valence-corrected chi connectivity index (χ2v) is 15.3. The summed E-state index contributed by atoms with van der Waals surface area (Å²) >= 11 is 0. The lowest BCUT2D eigenvalue weighted by Gasteiger charge is -2.39. The van der Waals surface area contributed by atoms with E-state index < -0.39 is 11.3 Å². The Hall–Kier alpha value is -6.28. The van der Waals surface area contributed by atoms with Gasteiger partial charge in [0.1, 0.15) is 22.9 Å². The van der Waals surface area contributed by atoms with Gasteiger partial charge in [0.25, 0.3) is 5.91 Å². The number of halogens is 1. The van der Waals surface area contributed by atoms with E-state index >= 15 is 0 Å². The van der Waals surface area contributed by atoms with Crippen molar-refractivity contribution in [3.63, 3.8) is 0 Å². The van der Waals surface area contributed by atoms with Crippen molar-refractivity contribution in [1.29, 1.82) is 0 Å². The molecule has 0 unspecified atom stereocenters. The Balaban J connectivity index is 1.02. The van der Waals surface area contributed by atoms with E-state index in [4.69, 9.17) is 14.4 Å². The first kappa shape index (κ1) is 34.2. The minimum absolute atomic E-state index is 0.142. The number of ether oxygens (including phenoxy) is 1. The van der Waals surface area contributed by atoms with Crippen LogP contribution < -0.4 is 11.4 Å². The van der Waals surface area contributed by atoms with Crippen molar-refractivity contribution in [1.82, 2.24) is 38.5 Å². The SMILES string of the molecule is Cc1cc(-n2ncc(C3CN(C(=O)c4cc5cc(C6CCOCC6)ccc5n4C4(c5noc(=O)[nH]5)CC4)C3)c2-n2ccn(-c3ccccc3)c2=O)cc(C)c1F. The van der Waals surface area contributed by atoms with E-state index in [2.05, 4.69) is 28.3 Å². The van der Waals surface area contributed by atoms with Crippen LogP contribution in [-0.4, -0.2) is 70.7 Å². The molecule has 284 valence electrons. The van der Waals surface area contributed by atoms with Crippen LogP contribution in [-0.2, 0) is 10.3 Å². The Morgan fingerprint density at radius 2 is 1.62 bits per heavy atom. The number of hydrogen-bond donors (Lipinski definition) is 1. The number of aromatic nitrogens is 7. The zero-order valence-corrected chi connectivity index (χ0v) is 30.9. The van der Waals surface area contributed by atoms with Gasteiger partial charge in [-0.3, -0.25) is 23.4 Å². The molecule has 0 radical (unpaired) electrons. The third kappa shape index (κ3) is 5.41. The van der Waals surface area contributed by atoms with Crippen molar-refractivity contribution in [2.24, 2.45) is 0 Å². The smallest absolute Gasteiger partial charge is 0.381 e. The lowest BCUT2D eigenvalue weighted by Crippen LogP contribution is -2.49. The molecule has 4 aromatic heterocycles. The van der Waals surface area contributed by atoms with Crippen LogP contribution in [0, 0.1) is 19.7 Å². The first-order valence-electron chi connectivity index (χ1n) is 19.0. The number of benzene rings is 3. The minimum atomic E-state index is -0.712. The van der Waals surface area contributed by atoms with Crippen LogP contribution in [0.4, 0.5) is 4.39 Å². The monoisotopic (exact) mass is 754 g/mol. The maximum atomic E-state index is 14.8. The molecule has 0 spiro atoms. The summed E-state index contributed by atoms with van der Waals surface area (Å²) in [6.45, 7) is 5.64. The second kappa shape index (κ2) is 12.9. The van der Waals surface area contributed by atoms with Gasteiger partial charge >= 0.3 is 11.4 Å². The molecule has 6 heterocycles. The maximum Gasteiger partial charge on any atom is 0.438 e. The highest BCUT2D eigenvalue weighted by Crippen LogP contribution is 2.51. The molecule has 0 atom stereocenters. The summed E-state index contributed by atoms with van der Waals surface area (Å²) < 4.78 is 32.2. The van der Waals surface area contributed by atoms with Gasteiger partial charge in [0, 0.05) is 61.1 Å². The van der Waals surface area contributed by atoms with Gasteiger partial charge in [-0.05, 0) is 105 Å². The van der Waals surface area contributed by atoms with Crippen molar-refractivity contribution < 1.29 is 18.4 Å². The van der Waals surface area contributed by atoms with E-state index in [9.17, 15) is 18.8 Å². The molecule has 13 nitrogen and oxygen atoms in total. The van der Waals surface area contributed by atoms with Crippen LogP contribution in [0.3, 0.4) is 0 Å². The van der Waals surface area contributed by atoms with Gasteiger partial charge in [0.15, 0.2) is 5.82 Å². The van der Waals surface area contributed by atoms with Crippen LogP contribution in [0.15, 0.2) is 99.4 Å². The summed E-state index contributed by atoms with van der Waals surface area (Å²) in [5.74, 6) is 0.106. The zero-order chi connectivity index (χ0) is 38.3. The van der Waals surface area contributed by atoms with Gasteiger partial charge in [0.2, 0.25) is 0 Å². The van der Waals surface area contributed by atoms with Crippen molar-refractivity contribution in [3.05, 3.63) is 146 Å². The number of fused-ring (bicyclic) bond motifs is 1. The first-order chi connectivity index (χ1) is 27.2. The fourth-order valence-corrected chi connectivity index (χ4v) is 8.70. The predicted octanol–water partition coefficient (Wildman–Crippen LogP) is 5.87. The first-order valence-corrected chi connectivity index (χ1v) is 19.0. The molecule has 3 aromatic carbocycles. The van der Waals surface area contributed by atoms with Crippen molar-refractivity contribution in [3.8, 4) is 17.2 Å². The number of aryl methyl sites for hydroxylation is 2. The van der Waals surface area contributed by atoms with Gasteiger partial charge in [-0.15, -0.1) is 0 Å². The lowest BCUT2D eigenvalue weighted by atomic mass is 9.91. The summed E-state index contributed by atoms with van der Waals surface area (Å²) in [5, 5.41) is 9.79. The van der Waals surface area contributed by atoms with Gasteiger partial charge in [-0.25, -0.2) is 18.7 Å². The average molecular weight is 755 g/mol. The van der Waals surface area contributed by atoms with Crippen LogP contribution in [0.25, 0.3) is 28.1 Å². The normalized spacial score (nSPS) is 17.1. The predicted molar refractivity (Wildman–Crippen MR) is 205 cm³/mol. The molecule has 10 rings (SSSR count). The van der Waals surface area contributed by atoms with Crippen LogP contribution in [0.1, 0.15) is 76.1 Å². The Labute approximate surface area is 319 Å². The number of aromatic amines is 1. The number of para-hydroxylation sites is 1. The summed E-state index contributed by atoms with van der Waals surface area (Å²) in [6.07, 6.45) is 8.44. The van der Waals surface area contributed by atoms with E-state index in [1.54, 1.807) is 58.4 Å². The highest BCUT2D eigenvalue weighted by Gasteiger charge is 2.52. The van der Waals surface area contributed by atoms with Gasteiger partial charge < -0.3 is 14.2 Å². The van der Waals surface area contributed by atoms with Gasteiger partial charge in [-0.2, -0.15) is 5.10 Å². The van der Waals surface area contributed by atoms with Gasteiger partial charge in [-0.1, -0.05) is 29.4 Å². The highest BCUT2D eigenvalue weighted by atomic mass is 19.1. The van der Waals surface area contributed by atoms with Crippen molar-refractivity contribution in [2.45, 2.75) is 56.9 Å². The number of imidazole rings is 1. The van der Waals surface area contributed by atoms with Crippen LogP contribution in [0.5, 0.6) is 0 Å². The second-order valence-electron chi connectivity index (χ2n) is 15.3. The Bertz CT molecular complexity index is 2750. The molecule has 2 aliphatic heterocycles. The third-order valence-corrected chi connectivity index (χ3v) is 11.9. The molecule has 2 saturated heterocycles. The fraction of sp³-hybridized carbons (Fsp3) is 0.310. The number of amides is 1. The topological polar surface area (TPSA) is 138 Å². The van der Waals surface area contributed by atoms with Crippen LogP contribution in [0.2, 0.25) is 0 Å². The molecule has 1 N–H and O–H groups in total. The summed E-state index contributed by atoms with van der Waals surface area (Å²) in [7, 11) is 0. The summed E-state index contributed by atoms with van der Waals surface area (Å²) in [6, 6.07) is 21.2. The molecule has 1 saturated carbocycles. The van der Waals surface area contributed by atoms with E-state index in [0.29, 0.717) is 66.0 Å². The molecular weight excluding hydrogens is 716 g/mol. The van der Waals surface area contributed by atoms with Crippen molar-refractivity contribution >= 4 is 16.8 Å². The number of rotatable bonds is 8. The van der Waals surface area contributed by atoms with Gasteiger partial charge in [0.05, 0.1) is 17.6 Å². The lowest BCUT2D eigenvalue weighted by molar-refractivity contribution is 0.0589. The number of nitrogens with zero attached hydrogens (tertiary/aromatic N) is 7. The molecule has 0 bridgehead atoms. The molecule has 3 aliphatic rings. The Morgan fingerprint density at radius 1 is 0.893 bits per heavy atom. The fourth-order valence-electron chi connectivity index (χ4n) is 8.70. The molecule has 3 fully saturated rings. The molecule has 1 amide bonds. The van der Waals surface area contributed by atoms with Crippen LogP contribution >= 0.6 is 0 Å². The average Bonchev–Trinajstić information content (AvgIpc) is 3.51. The number of likely N-dealkylation sites (tertiary alicyclic amines) is 1. The third-order valence-electron chi connectivity index (χ3n) is 11.9. The van der Waals surface area contributed by atoms with E-state index in [1.807, 2.05) is 45.9 Å². The Morgan fingerprint density at radius 3 is 2.32 bits per heavy atom. The zero-order valence-electron chi connectivity index (χ0n) is 30.9. The molecule has 7 aromatic rings. The number of H-pyrrole nitrogens is 1. The van der Waals surface area contributed by atoms with E-state index in [-0.39, 0.29) is 23.3 Å². The van der Waals surface area contributed by atoms with E-state index in [1.165, 1.54) is 5.56 Å². The highest BCUT2D eigenvalue weighted by molar-refractivity contribution is 6.00. The summed E-state index contributed by atoms with van der Waals surface area (Å²) in [4.78, 5) is 45.4. The largest absolute Gasteiger partial charge is 0.438 e. The van der Waals surface area contributed by atoms with E-state index in [0.717, 1.165) is 48.2 Å².